The molecule has 1 atom stereocenters. The second kappa shape index (κ2) is 5.66. The van der Waals surface area contributed by atoms with Gasteiger partial charge in [0, 0.05) is 15.7 Å². The van der Waals surface area contributed by atoms with E-state index in [0.29, 0.717) is 0 Å². The molecule has 2 aromatic rings. The molecule has 5 heteroatoms. The fourth-order valence-electron chi connectivity index (χ4n) is 1.94. The van der Waals surface area contributed by atoms with Gasteiger partial charge in [0.05, 0.1) is 11.0 Å². The minimum atomic E-state index is -0.392. The standard InChI is InChI=1S/C14H13IN2O2/c1-9-6-11(8-13(7-9)17(18)19)14(16)10-2-4-12(15)5-3-10/h2-8,14H,16H2,1H3. The van der Waals surface area contributed by atoms with Crippen molar-refractivity contribution in [2.45, 2.75) is 13.0 Å². The van der Waals surface area contributed by atoms with Crippen LogP contribution in [0.1, 0.15) is 22.7 Å². The van der Waals surface area contributed by atoms with Gasteiger partial charge in [-0.15, -0.1) is 0 Å². The maximum atomic E-state index is 10.9. The first-order valence-electron chi connectivity index (χ1n) is 5.74. The Labute approximate surface area is 124 Å². The van der Waals surface area contributed by atoms with Gasteiger partial charge in [0.1, 0.15) is 0 Å². The average Bonchev–Trinajstić information content (AvgIpc) is 2.38. The van der Waals surface area contributed by atoms with Gasteiger partial charge in [-0.1, -0.05) is 18.2 Å². The molecule has 0 aliphatic rings. The van der Waals surface area contributed by atoms with E-state index in [-0.39, 0.29) is 11.7 Å². The van der Waals surface area contributed by atoms with Crippen molar-refractivity contribution in [2.24, 2.45) is 5.73 Å². The molecule has 0 radical (unpaired) electrons. The monoisotopic (exact) mass is 368 g/mol. The SMILES string of the molecule is Cc1cc(C(N)c2ccc(I)cc2)cc([N+](=O)[O-])c1. The molecule has 0 fully saturated rings. The minimum absolute atomic E-state index is 0.0796. The maximum Gasteiger partial charge on any atom is 0.270 e. The van der Waals surface area contributed by atoms with Crippen LogP contribution in [0.5, 0.6) is 0 Å². The third kappa shape index (κ3) is 3.30. The van der Waals surface area contributed by atoms with Crippen LogP contribution in [0.2, 0.25) is 0 Å². The highest BCUT2D eigenvalue weighted by Gasteiger charge is 2.14. The van der Waals surface area contributed by atoms with Crippen LogP contribution in [0.15, 0.2) is 42.5 Å². The average molecular weight is 368 g/mol. The quantitative estimate of drug-likeness (QED) is 0.512. The molecular weight excluding hydrogens is 355 g/mol. The zero-order chi connectivity index (χ0) is 14.0. The minimum Gasteiger partial charge on any atom is -0.320 e. The molecule has 0 aliphatic heterocycles. The van der Waals surface area contributed by atoms with Gasteiger partial charge < -0.3 is 5.73 Å². The second-order valence-corrected chi connectivity index (χ2v) is 5.63. The van der Waals surface area contributed by atoms with Crippen LogP contribution in [0.25, 0.3) is 0 Å². The number of nitro groups is 1. The molecule has 1 unspecified atom stereocenters. The molecule has 0 spiro atoms. The largest absolute Gasteiger partial charge is 0.320 e. The van der Waals surface area contributed by atoms with Gasteiger partial charge in [0.15, 0.2) is 0 Å². The van der Waals surface area contributed by atoms with Gasteiger partial charge in [-0.2, -0.15) is 0 Å². The molecule has 0 heterocycles. The third-order valence-corrected chi connectivity index (χ3v) is 3.60. The van der Waals surface area contributed by atoms with E-state index in [1.807, 2.05) is 37.3 Å². The normalized spacial score (nSPS) is 12.2. The number of halogens is 1. The van der Waals surface area contributed by atoms with Crippen molar-refractivity contribution < 1.29 is 4.92 Å². The van der Waals surface area contributed by atoms with E-state index in [0.717, 1.165) is 20.3 Å². The number of hydrogen-bond donors (Lipinski definition) is 1. The number of aryl methyl sites for hydroxylation is 1. The number of non-ortho nitro benzene ring substituents is 1. The highest BCUT2D eigenvalue weighted by molar-refractivity contribution is 14.1. The predicted molar refractivity (Wildman–Crippen MR) is 83.0 cm³/mol. The summed E-state index contributed by atoms with van der Waals surface area (Å²) in [6.45, 7) is 1.83. The Kier molecular flexibility index (Phi) is 4.16. The van der Waals surface area contributed by atoms with E-state index in [9.17, 15) is 10.1 Å². The van der Waals surface area contributed by atoms with Crippen LogP contribution in [0.3, 0.4) is 0 Å². The van der Waals surface area contributed by atoms with Gasteiger partial charge in [0.2, 0.25) is 0 Å². The van der Waals surface area contributed by atoms with E-state index >= 15 is 0 Å². The lowest BCUT2D eigenvalue weighted by Crippen LogP contribution is -2.12. The van der Waals surface area contributed by atoms with Crippen molar-refractivity contribution >= 4 is 28.3 Å². The fraction of sp³-hybridized carbons (Fsp3) is 0.143. The summed E-state index contributed by atoms with van der Waals surface area (Å²) in [5.41, 5.74) is 8.80. The van der Waals surface area contributed by atoms with Crippen LogP contribution in [-0.4, -0.2) is 4.92 Å². The Morgan fingerprint density at radius 1 is 1.16 bits per heavy atom. The number of benzene rings is 2. The summed E-state index contributed by atoms with van der Waals surface area (Å²) in [7, 11) is 0. The topological polar surface area (TPSA) is 69.2 Å². The second-order valence-electron chi connectivity index (χ2n) is 4.39. The lowest BCUT2D eigenvalue weighted by Gasteiger charge is -2.13. The Morgan fingerprint density at radius 2 is 1.79 bits per heavy atom. The van der Waals surface area contributed by atoms with Crippen molar-refractivity contribution in [3.05, 3.63) is 72.8 Å². The van der Waals surface area contributed by atoms with Gasteiger partial charge in [-0.05, 0) is 58.3 Å². The Balaban J connectivity index is 2.40. The molecule has 2 N–H and O–H groups in total. The summed E-state index contributed by atoms with van der Waals surface area (Å²) >= 11 is 2.22. The van der Waals surface area contributed by atoms with Crippen LogP contribution in [0, 0.1) is 20.6 Å². The molecule has 0 amide bonds. The summed E-state index contributed by atoms with van der Waals surface area (Å²) in [4.78, 5) is 10.5. The molecule has 19 heavy (non-hydrogen) atoms. The number of nitrogens with zero attached hydrogens (tertiary/aromatic N) is 1. The number of hydrogen-bond acceptors (Lipinski definition) is 3. The van der Waals surface area contributed by atoms with Gasteiger partial charge in [-0.3, -0.25) is 10.1 Å². The van der Waals surface area contributed by atoms with Crippen molar-refractivity contribution in [2.75, 3.05) is 0 Å². The van der Waals surface area contributed by atoms with Crippen LogP contribution in [-0.2, 0) is 0 Å². The summed E-state index contributed by atoms with van der Waals surface area (Å²) in [6.07, 6.45) is 0. The molecule has 4 nitrogen and oxygen atoms in total. The molecule has 0 saturated heterocycles. The van der Waals surface area contributed by atoms with Crippen molar-refractivity contribution in [1.82, 2.24) is 0 Å². The van der Waals surface area contributed by atoms with Gasteiger partial charge in [0.25, 0.3) is 5.69 Å². The number of nitrogens with two attached hydrogens (primary N) is 1. The fourth-order valence-corrected chi connectivity index (χ4v) is 2.30. The number of nitro benzene ring substituents is 1. The molecule has 0 aromatic heterocycles. The van der Waals surface area contributed by atoms with Crippen molar-refractivity contribution in [1.29, 1.82) is 0 Å². The summed E-state index contributed by atoms with van der Waals surface area (Å²) in [5.74, 6) is 0. The van der Waals surface area contributed by atoms with Gasteiger partial charge >= 0.3 is 0 Å². The predicted octanol–water partition coefficient (Wildman–Crippen LogP) is 3.56. The summed E-state index contributed by atoms with van der Waals surface area (Å²) in [6, 6.07) is 12.5. The van der Waals surface area contributed by atoms with Crippen molar-refractivity contribution in [3.63, 3.8) is 0 Å². The first-order chi connectivity index (χ1) is 8.97. The smallest absolute Gasteiger partial charge is 0.270 e. The lowest BCUT2D eigenvalue weighted by atomic mass is 9.98. The van der Waals surface area contributed by atoms with E-state index in [4.69, 9.17) is 5.73 Å². The zero-order valence-corrected chi connectivity index (χ0v) is 12.5. The lowest BCUT2D eigenvalue weighted by molar-refractivity contribution is -0.385. The highest BCUT2D eigenvalue weighted by Crippen LogP contribution is 2.25. The summed E-state index contributed by atoms with van der Waals surface area (Å²) < 4.78 is 1.13. The molecule has 2 rings (SSSR count). The van der Waals surface area contributed by atoms with Crippen LogP contribution in [0.4, 0.5) is 5.69 Å². The molecule has 0 bridgehead atoms. The van der Waals surface area contributed by atoms with Crippen LogP contribution >= 0.6 is 22.6 Å². The van der Waals surface area contributed by atoms with E-state index < -0.39 is 4.92 Å². The van der Waals surface area contributed by atoms with Gasteiger partial charge in [-0.25, -0.2) is 0 Å². The first-order valence-corrected chi connectivity index (χ1v) is 6.82. The Bertz CT molecular complexity index is 611. The van der Waals surface area contributed by atoms with E-state index in [1.165, 1.54) is 6.07 Å². The Hall–Kier alpha value is -1.47. The number of rotatable bonds is 3. The van der Waals surface area contributed by atoms with Crippen LogP contribution < -0.4 is 5.73 Å². The maximum absolute atomic E-state index is 10.9. The molecule has 98 valence electrons. The zero-order valence-electron chi connectivity index (χ0n) is 10.3. The molecule has 2 aromatic carbocycles. The van der Waals surface area contributed by atoms with E-state index in [1.54, 1.807) is 6.07 Å². The Morgan fingerprint density at radius 3 is 2.37 bits per heavy atom. The molecule has 0 aliphatic carbocycles. The molecular formula is C14H13IN2O2. The van der Waals surface area contributed by atoms with Crippen molar-refractivity contribution in [3.8, 4) is 0 Å². The first kappa shape index (κ1) is 14.0. The van der Waals surface area contributed by atoms with E-state index in [2.05, 4.69) is 22.6 Å². The molecule has 0 saturated carbocycles. The highest BCUT2D eigenvalue weighted by atomic mass is 127. The summed E-state index contributed by atoms with van der Waals surface area (Å²) in [5, 5.41) is 10.9. The third-order valence-electron chi connectivity index (χ3n) is 2.88.